The first-order chi connectivity index (χ1) is 10.1. The molecule has 3 N–H and O–H groups in total. The molecule has 2 aromatic carbocycles. The molecule has 0 atom stereocenters. The second-order valence-electron chi connectivity index (χ2n) is 4.53. The molecular formula is C15H12FN3O2. The number of aromatic amines is 1. The van der Waals surface area contributed by atoms with Crippen molar-refractivity contribution < 1.29 is 9.13 Å². The summed E-state index contributed by atoms with van der Waals surface area (Å²) in [5, 5.41) is 0.383. The predicted molar refractivity (Wildman–Crippen MR) is 77.5 cm³/mol. The highest BCUT2D eigenvalue weighted by atomic mass is 19.1. The number of fused-ring (bicyclic) bond motifs is 1. The van der Waals surface area contributed by atoms with Crippen molar-refractivity contribution in [2.45, 2.75) is 6.61 Å². The summed E-state index contributed by atoms with van der Waals surface area (Å²) < 4.78 is 18.8. The van der Waals surface area contributed by atoms with E-state index in [0.29, 0.717) is 22.2 Å². The van der Waals surface area contributed by atoms with Gasteiger partial charge < -0.3 is 10.5 Å². The predicted octanol–water partition coefficient (Wildman–Crippen LogP) is 2.22. The molecule has 6 heteroatoms. The lowest BCUT2D eigenvalue weighted by Gasteiger charge is -2.07. The van der Waals surface area contributed by atoms with Gasteiger partial charge in [-0.3, -0.25) is 9.78 Å². The van der Waals surface area contributed by atoms with Crippen LogP contribution in [-0.2, 0) is 6.61 Å². The van der Waals surface area contributed by atoms with E-state index in [1.54, 1.807) is 36.4 Å². The van der Waals surface area contributed by atoms with Crippen molar-refractivity contribution in [2.75, 3.05) is 5.73 Å². The Kier molecular flexibility index (Phi) is 3.27. The highest BCUT2D eigenvalue weighted by molar-refractivity contribution is 5.81. The van der Waals surface area contributed by atoms with Crippen LogP contribution in [0, 0.1) is 5.82 Å². The van der Waals surface area contributed by atoms with Crippen molar-refractivity contribution in [2.24, 2.45) is 0 Å². The Bertz CT molecular complexity index is 861. The van der Waals surface area contributed by atoms with E-state index in [-0.39, 0.29) is 24.0 Å². The molecule has 5 nitrogen and oxygen atoms in total. The van der Waals surface area contributed by atoms with Crippen molar-refractivity contribution in [3.63, 3.8) is 0 Å². The maximum atomic E-state index is 13.5. The van der Waals surface area contributed by atoms with Crippen LogP contribution in [0.2, 0.25) is 0 Å². The summed E-state index contributed by atoms with van der Waals surface area (Å²) in [7, 11) is 0. The summed E-state index contributed by atoms with van der Waals surface area (Å²) in [6.07, 6.45) is 0. The van der Waals surface area contributed by atoms with Gasteiger partial charge in [0.2, 0.25) is 0 Å². The molecule has 3 rings (SSSR count). The minimum Gasteiger partial charge on any atom is -0.460 e. The van der Waals surface area contributed by atoms with E-state index in [1.807, 2.05) is 0 Å². The number of hydrogen-bond acceptors (Lipinski definition) is 4. The number of H-pyrrole nitrogens is 1. The van der Waals surface area contributed by atoms with Gasteiger partial charge in [-0.05, 0) is 24.3 Å². The standard InChI is InChI=1S/C15H12FN3O2/c16-12-4-2-1-3-9(12)8-21-15-18-13-6-5-10(17)7-11(13)14(20)19-15/h1-7H,8,17H2,(H,18,19,20). The Morgan fingerprint density at radius 1 is 1.24 bits per heavy atom. The first kappa shape index (κ1) is 13.1. The summed E-state index contributed by atoms with van der Waals surface area (Å²) >= 11 is 0. The fourth-order valence-electron chi connectivity index (χ4n) is 1.96. The third-order valence-electron chi connectivity index (χ3n) is 3.03. The molecule has 1 heterocycles. The molecule has 0 aliphatic rings. The van der Waals surface area contributed by atoms with Crippen LogP contribution in [0.4, 0.5) is 10.1 Å². The third-order valence-corrected chi connectivity index (χ3v) is 3.03. The minimum absolute atomic E-state index is 0.0178. The van der Waals surface area contributed by atoms with Crippen LogP contribution in [0.5, 0.6) is 6.01 Å². The second-order valence-corrected chi connectivity index (χ2v) is 4.53. The van der Waals surface area contributed by atoms with E-state index >= 15 is 0 Å². The highest BCUT2D eigenvalue weighted by Crippen LogP contribution is 2.15. The zero-order valence-corrected chi connectivity index (χ0v) is 11.0. The van der Waals surface area contributed by atoms with Crippen LogP contribution in [0.3, 0.4) is 0 Å². The average Bonchev–Trinajstić information content (AvgIpc) is 2.47. The van der Waals surface area contributed by atoms with Crippen molar-refractivity contribution in [1.82, 2.24) is 9.97 Å². The highest BCUT2D eigenvalue weighted by Gasteiger charge is 2.07. The number of rotatable bonds is 3. The molecule has 0 saturated heterocycles. The van der Waals surface area contributed by atoms with Gasteiger partial charge in [0.1, 0.15) is 12.4 Å². The molecule has 3 aromatic rings. The first-order valence-corrected chi connectivity index (χ1v) is 6.29. The van der Waals surface area contributed by atoms with Crippen LogP contribution >= 0.6 is 0 Å². The number of nitrogen functional groups attached to an aromatic ring is 1. The number of halogens is 1. The lowest BCUT2D eigenvalue weighted by Crippen LogP contribution is -2.11. The first-order valence-electron chi connectivity index (χ1n) is 6.29. The Hall–Kier alpha value is -2.89. The molecule has 0 aliphatic heterocycles. The number of hydrogen-bond donors (Lipinski definition) is 2. The monoisotopic (exact) mass is 285 g/mol. The van der Waals surface area contributed by atoms with E-state index < -0.39 is 0 Å². The van der Waals surface area contributed by atoms with E-state index in [9.17, 15) is 9.18 Å². The van der Waals surface area contributed by atoms with Crippen LogP contribution < -0.4 is 16.0 Å². The van der Waals surface area contributed by atoms with Gasteiger partial charge in [0, 0.05) is 11.3 Å². The summed E-state index contributed by atoms with van der Waals surface area (Å²) in [4.78, 5) is 18.6. The fraction of sp³-hybridized carbons (Fsp3) is 0.0667. The molecule has 0 unspecified atom stereocenters. The largest absolute Gasteiger partial charge is 0.460 e. The topological polar surface area (TPSA) is 81.0 Å². The minimum atomic E-state index is -0.367. The molecular weight excluding hydrogens is 273 g/mol. The van der Waals surface area contributed by atoms with Gasteiger partial charge in [-0.2, -0.15) is 4.98 Å². The maximum absolute atomic E-state index is 13.5. The molecule has 0 amide bonds. The average molecular weight is 285 g/mol. The number of nitrogens with one attached hydrogen (secondary N) is 1. The number of anilines is 1. The Morgan fingerprint density at radius 2 is 2.05 bits per heavy atom. The summed E-state index contributed by atoms with van der Waals surface area (Å²) in [6, 6.07) is 11.1. The summed E-state index contributed by atoms with van der Waals surface area (Å²) in [5.41, 5.74) is 6.61. The van der Waals surface area contributed by atoms with Crippen LogP contribution in [-0.4, -0.2) is 9.97 Å². The van der Waals surface area contributed by atoms with Crippen molar-refractivity contribution in [3.05, 3.63) is 64.2 Å². The van der Waals surface area contributed by atoms with Gasteiger partial charge in [-0.1, -0.05) is 18.2 Å². The Balaban J connectivity index is 1.90. The van der Waals surface area contributed by atoms with Gasteiger partial charge in [0.05, 0.1) is 10.9 Å². The van der Waals surface area contributed by atoms with E-state index in [0.717, 1.165) is 0 Å². The zero-order chi connectivity index (χ0) is 14.8. The van der Waals surface area contributed by atoms with Gasteiger partial charge in [0.15, 0.2) is 0 Å². The van der Waals surface area contributed by atoms with E-state index in [2.05, 4.69) is 9.97 Å². The molecule has 0 spiro atoms. The van der Waals surface area contributed by atoms with Crippen LogP contribution in [0.25, 0.3) is 10.9 Å². The number of aromatic nitrogens is 2. The van der Waals surface area contributed by atoms with Gasteiger partial charge in [-0.15, -0.1) is 0 Å². The smallest absolute Gasteiger partial charge is 0.297 e. The Morgan fingerprint density at radius 3 is 2.86 bits per heavy atom. The number of ether oxygens (including phenoxy) is 1. The number of benzene rings is 2. The SMILES string of the molecule is Nc1ccc2nc(OCc3ccccc3F)[nH]c(=O)c2c1. The molecule has 1 aromatic heterocycles. The molecule has 106 valence electrons. The third kappa shape index (κ3) is 2.69. The quantitative estimate of drug-likeness (QED) is 0.723. The van der Waals surface area contributed by atoms with Crippen LogP contribution in [0.15, 0.2) is 47.3 Å². The van der Waals surface area contributed by atoms with Crippen molar-refractivity contribution >= 4 is 16.6 Å². The van der Waals surface area contributed by atoms with E-state index in [1.165, 1.54) is 6.07 Å². The van der Waals surface area contributed by atoms with Crippen LogP contribution in [0.1, 0.15) is 5.56 Å². The summed E-state index contributed by atoms with van der Waals surface area (Å²) in [6.45, 7) is -0.0178. The van der Waals surface area contributed by atoms with Crippen molar-refractivity contribution in [1.29, 1.82) is 0 Å². The Labute approximate surface area is 119 Å². The van der Waals surface area contributed by atoms with Gasteiger partial charge in [-0.25, -0.2) is 4.39 Å². The van der Waals surface area contributed by atoms with Gasteiger partial charge in [0.25, 0.3) is 11.6 Å². The number of nitrogens with two attached hydrogens (primary N) is 1. The maximum Gasteiger partial charge on any atom is 0.297 e. The van der Waals surface area contributed by atoms with Gasteiger partial charge >= 0.3 is 0 Å². The lowest BCUT2D eigenvalue weighted by molar-refractivity contribution is 0.276. The molecule has 0 radical (unpaired) electrons. The normalized spacial score (nSPS) is 10.7. The van der Waals surface area contributed by atoms with Crippen molar-refractivity contribution in [3.8, 4) is 6.01 Å². The molecule has 21 heavy (non-hydrogen) atoms. The van der Waals surface area contributed by atoms with E-state index in [4.69, 9.17) is 10.5 Å². The molecule has 0 aliphatic carbocycles. The zero-order valence-electron chi connectivity index (χ0n) is 11.0. The molecule has 0 saturated carbocycles. The lowest BCUT2D eigenvalue weighted by atomic mass is 10.2. The fourth-order valence-corrected chi connectivity index (χ4v) is 1.96. The summed E-state index contributed by atoms with van der Waals surface area (Å²) in [5.74, 6) is -0.367. The number of nitrogens with zero attached hydrogens (tertiary/aromatic N) is 1. The molecule has 0 bridgehead atoms. The second kappa shape index (κ2) is 5.24. The molecule has 0 fully saturated rings.